The molecule has 1 fully saturated rings. The molecule has 4 N–H and O–H groups in total. The largest absolute Gasteiger partial charge is 0.481 e. The van der Waals surface area contributed by atoms with Gasteiger partial charge in [-0.2, -0.15) is 0 Å². The summed E-state index contributed by atoms with van der Waals surface area (Å²) in [7, 11) is 0. The number of rotatable bonds is 13. The van der Waals surface area contributed by atoms with Gasteiger partial charge in [0.25, 0.3) is 0 Å². The number of allylic oxidation sites excluding steroid dienone is 4. The Morgan fingerprint density at radius 3 is 2.54 bits per heavy atom. The number of carbonyl (C=O) groups is 1. The van der Waals surface area contributed by atoms with Crippen LogP contribution in [0.2, 0.25) is 0 Å². The Kier molecular flexibility index (Phi) is 12.4. The van der Waals surface area contributed by atoms with Crippen molar-refractivity contribution < 1.29 is 30.0 Å². The number of aliphatic carboxylic acids is 1. The standard InChI is InChI=1S/C22H34O6/c1-2-3-8-11-17(23)14-15-20-19(25)16-21(28-20)18(24)12-9-6-4-5-7-10-13-22(26)27/h3,5-9,14-15,17-21,23-25H,2,4,10-13,16H2,1H3,(H,26,27)/b7-5-,8-3-,9-6-,15-14+/t17-,18+,19+,20-,21-/m0/s1. The maximum atomic E-state index is 10.4. The fourth-order valence-corrected chi connectivity index (χ4v) is 2.84. The highest BCUT2D eigenvalue weighted by Crippen LogP contribution is 2.25. The van der Waals surface area contributed by atoms with Crippen molar-refractivity contribution in [1.82, 2.24) is 0 Å². The molecule has 1 heterocycles. The van der Waals surface area contributed by atoms with Crippen LogP contribution in [0.25, 0.3) is 0 Å². The lowest BCUT2D eigenvalue weighted by Crippen LogP contribution is -2.25. The van der Waals surface area contributed by atoms with Crippen molar-refractivity contribution in [2.75, 3.05) is 0 Å². The van der Waals surface area contributed by atoms with E-state index < -0.39 is 36.5 Å². The minimum absolute atomic E-state index is 0.127. The van der Waals surface area contributed by atoms with Crippen molar-refractivity contribution in [2.24, 2.45) is 0 Å². The first-order valence-electron chi connectivity index (χ1n) is 9.98. The number of aliphatic hydroxyl groups is 3. The van der Waals surface area contributed by atoms with Crippen LogP contribution in [-0.2, 0) is 9.53 Å². The summed E-state index contributed by atoms with van der Waals surface area (Å²) in [4.78, 5) is 10.4. The molecule has 0 spiro atoms. The molecule has 158 valence electrons. The Hall–Kier alpha value is -1.73. The van der Waals surface area contributed by atoms with E-state index >= 15 is 0 Å². The van der Waals surface area contributed by atoms with Crippen LogP contribution in [0.1, 0.15) is 51.9 Å². The number of carboxylic acid groups (broad SMARTS) is 1. The topological polar surface area (TPSA) is 107 Å². The Bertz CT molecular complexity index is 551. The van der Waals surface area contributed by atoms with Crippen LogP contribution < -0.4 is 0 Å². The van der Waals surface area contributed by atoms with Crippen LogP contribution in [0.15, 0.2) is 48.6 Å². The van der Waals surface area contributed by atoms with Crippen molar-refractivity contribution in [2.45, 2.75) is 82.4 Å². The lowest BCUT2D eigenvalue weighted by atomic mass is 10.0. The summed E-state index contributed by atoms with van der Waals surface area (Å²) < 4.78 is 5.72. The summed E-state index contributed by atoms with van der Waals surface area (Å²) >= 11 is 0. The molecule has 0 amide bonds. The highest BCUT2D eigenvalue weighted by atomic mass is 16.5. The molecular weight excluding hydrogens is 360 g/mol. The molecule has 0 aromatic heterocycles. The fraction of sp³-hybridized carbons (Fsp3) is 0.591. The Balaban J connectivity index is 2.31. The van der Waals surface area contributed by atoms with E-state index in [1.54, 1.807) is 12.2 Å². The second-order valence-corrected chi connectivity index (χ2v) is 6.92. The SMILES string of the molecule is CC/C=C\C[C@H](O)/C=C/[C@@H]1O[C@H]([C@H](O)C/C=C\C/C=C\CCC(=O)O)C[C@H]1O. The van der Waals surface area contributed by atoms with Crippen LogP contribution in [-0.4, -0.2) is 56.9 Å². The molecule has 0 aromatic carbocycles. The summed E-state index contributed by atoms with van der Waals surface area (Å²) in [6.45, 7) is 2.03. The average Bonchev–Trinajstić information content (AvgIpc) is 3.03. The third-order valence-corrected chi connectivity index (χ3v) is 4.42. The van der Waals surface area contributed by atoms with E-state index in [0.29, 0.717) is 32.1 Å². The molecule has 1 aliphatic heterocycles. The van der Waals surface area contributed by atoms with Gasteiger partial charge in [-0.3, -0.25) is 4.79 Å². The maximum Gasteiger partial charge on any atom is 0.303 e. The van der Waals surface area contributed by atoms with E-state index in [9.17, 15) is 20.1 Å². The lowest BCUT2D eigenvalue weighted by molar-refractivity contribution is -0.136. The predicted octanol–water partition coefficient (Wildman–Crippen LogP) is 2.90. The minimum atomic E-state index is -0.807. The van der Waals surface area contributed by atoms with Gasteiger partial charge < -0.3 is 25.2 Å². The van der Waals surface area contributed by atoms with Crippen molar-refractivity contribution in [3.63, 3.8) is 0 Å². The first kappa shape index (κ1) is 24.3. The van der Waals surface area contributed by atoms with Crippen LogP contribution in [0.3, 0.4) is 0 Å². The molecule has 0 saturated carbocycles. The van der Waals surface area contributed by atoms with Gasteiger partial charge in [0.2, 0.25) is 0 Å². The van der Waals surface area contributed by atoms with E-state index in [2.05, 4.69) is 0 Å². The van der Waals surface area contributed by atoms with Crippen LogP contribution >= 0.6 is 0 Å². The molecule has 0 radical (unpaired) electrons. The fourth-order valence-electron chi connectivity index (χ4n) is 2.84. The minimum Gasteiger partial charge on any atom is -0.481 e. The van der Waals surface area contributed by atoms with E-state index in [4.69, 9.17) is 9.84 Å². The molecule has 5 atom stereocenters. The monoisotopic (exact) mass is 394 g/mol. The molecule has 0 unspecified atom stereocenters. The van der Waals surface area contributed by atoms with Crippen molar-refractivity contribution in [3.8, 4) is 0 Å². The number of aliphatic hydroxyl groups excluding tert-OH is 3. The molecule has 28 heavy (non-hydrogen) atoms. The van der Waals surface area contributed by atoms with Gasteiger partial charge in [0.15, 0.2) is 0 Å². The molecule has 0 aliphatic carbocycles. The number of carboxylic acids is 1. The van der Waals surface area contributed by atoms with Gasteiger partial charge in [-0.1, -0.05) is 55.5 Å². The normalized spacial score (nSPS) is 25.5. The first-order valence-corrected chi connectivity index (χ1v) is 9.98. The lowest BCUT2D eigenvalue weighted by Gasteiger charge is -2.16. The molecule has 6 heteroatoms. The summed E-state index contributed by atoms with van der Waals surface area (Å²) in [5, 5.41) is 38.8. The predicted molar refractivity (Wildman–Crippen MR) is 109 cm³/mol. The summed E-state index contributed by atoms with van der Waals surface area (Å²) in [5.74, 6) is -0.807. The van der Waals surface area contributed by atoms with Gasteiger partial charge in [0.05, 0.1) is 24.4 Å². The number of hydrogen-bond donors (Lipinski definition) is 4. The third-order valence-electron chi connectivity index (χ3n) is 4.42. The molecule has 6 nitrogen and oxygen atoms in total. The van der Waals surface area contributed by atoms with Crippen molar-refractivity contribution in [3.05, 3.63) is 48.6 Å². The number of ether oxygens (including phenoxy) is 1. The zero-order chi connectivity index (χ0) is 20.8. The molecule has 0 bridgehead atoms. The van der Waals surface area contributed by atoms with Gasteiger partial charge in [-0.05, 0) is 32.1 Å². The quantitative estimate of drug-likeness (QED) is 0.358. The highest BCUT2D eigenvalue weighted by molar-refractivity contribution is 5.66. The van der Waals surface area contributed by atoms with Gasteiger partial charge in [0.1, 0.15) is 6.10 Å². The zero-order valence-corrected chi connectivity index (χ0v) is 16.6. The van der Waals surface area contributed by atoms with E-state index in [-0.39, 0.29) is 6.42 Å². The molecule has 1 aliphatic rings. The Labute approximate surface area is 167 Å². The third kappa shape index (κ3) is 10.6. The van der Waals surface area contributed by atoms with Gasteiger partial charge in [0, 0.05) is 12.8 Å². The molecular formula is C22H34O6. The molecule has 1 rings (SSSR count). The van der Waals surface area contributed by atoms with Crippen molar-refractivity contribution in [1.29, 1.82) is 0 Å². The van der Waals surface area contributed by atoms with E-state index in [1.807, 2.05) is 43.4 Å². The highest BCUT2D eigenvalue weighted by Gasteiger charge is 2.35. The van der Waals surface area contributed by atoms with E-state index in [0.717, 1.165) is 6.42 Å². The second-order valence-electron chi connectivity index (χ2n) is 6.92. The first-order chi connectivity index (χ1) is 13.4. The van der Waals surface area contributed by atoms with Crippen LogP contribution in [0.4, 0.5) is 0 Å². The van der Waals surface area contributed by atoms with Gasteiger partial charge in [-0.15, -0.1) is 0 Å². The molecule has 0 aromatic rings. The number of hydrogen-bond acceptors (Lipinski definition) is 5. The van der Waals surface area contributed by atoms with Crippen LogP contribution in [0, 0.1) is 0 Å². The van der Waals surface area contributed by atoms with Gasteiger partial charge in [-0.25, -0.2) is 0 Å². The zero-order valence-electron chi connectivity index (χ0n) is 16.6. The van der Waals surface area contributed by atoms with E-state index in [1.165, 1.54) is 0 Å². The molecule has 1 saturated heterocycles. The summed E-state index contributed by atoms with van der Waals surface area (Å²) in [6, 6.07) is 0. The van der Waals surface area contributed by atoms with Crippen LogP contribution in [0.5, 0.6) is 0 Å². The Morgan fingerprint density at radius 1 is 1.11 bits per heavy atom. The van der Waals surface area contributed by atoms with Crippen molar-refractivity contribution >= 4 is 5.97 Å². The average molecular weight is 395 g/mol. The Morgan fingerprint density at radius 2 is 1.82 bits per heavy atom. The smallest absolute Gasteiger partial charge is 0.303 e. The summed E-state index contributed by atoms with van der Waals surface area (Å²) in [5.41, 5.74) is 0. The maximum absolute atomic E-state index is 10.4. The second kappa shape index (κ2) is 14.3. The van der Waals surface area contributed by atoms with Gasteiger partial charge >= 0.3 is 5.97 Å². The summed E-state index contributed by atoms with van der Waals surface area (Å²) in [6.07, 6.45) is 15.2.